The minimum atomic E-state index is -3.06. The van der Waals surface area contributed by atoms with E-state index in [0.29, 0.717) is 6.61 Å². The second-order valence-electron chi connectivity index (χ2n) is 15.6. The molecule has 0 saturated carbocycles. The SMILES string of the molecule is CCC[CH2][Sn]([CH2]CCC)([CH2]CCC)[C@@H](CN(Cc1ccccc1)[Si](C)(C)C(C)(C)C)OC(=O)N1C(C)(C)COC1(C)C. The summed E-state index contributed by atoms with van der Waals surface area (Å²) in [7, 11) is -1.95. The average Bonchev–Trinajstić information content (AvgIpc) is 3.14. The Kier molecular flexibility index (Phi) is 14.0. The first-order valence-corrected chi connectivity index (χ1v) is 27.6. The van der Waals surface area contributed by atoms with Gasteiger partial charge in [0.25, 0.3) is 0 Å². The number of rotatable bonds is 16. The molecule has 242 valence electrons. The van der Waals surface area contributed by atoms with E-state index >= 15 is 0 Å². The molecule has 0 N–H and O–H groups in total. The van der Waals surface area contributed by atoms with Crippen molar-refractivity contribution in [3.05, 3.63) is 35.9 Å². The summed E-state index contributed by atoms with van der Waals surface area (Å²) in [6.07, 6.45) is 7.18. The Morgan fingerprint density at radius 2 is 1.48 bits per heavy atom. The Labute approximate surface area is 265 Å². The topological polar surface area (TPSA) is 42.0 Å². The molecule has 1 aliphatic rings. The van der Waals surface area contributed by atoms with Gasteiger partial charge < -0.3 is 0 Å². The molecule has 0 bridgehead atoms. The van der Waals surface area contributed by atoms with Crippen LogP contribution in [0.25, 0.3) is 0 Å². The summed E-state index contributed by atoms with van der Waals surface area (Å²) < 4.78 is 19.9. The number of hydrogen-bond donors (Lipinski definition) is 0. The number of hydrogen-bond acceptors (Lipinski definition) is 4. The van der Waals surface area contributed by atoms with Gasteiger partial charge in [-0.15, -0.1) is 0 Å². The molecule has 0 aliphatic carbocycles. The summed E-state index contributed by atoms with van der Waals surface area (Å²) >= 11 is -3.06. The van der Waals surface area contributed by atoms with E-state index in [1.165, 1.54) is 57.4 Å². The van der Waals surface area contributed by atoms with Crippen LogP contribution in [0.3, 0.4) is 0 Å². The van der Waals surface area contributed by atoms with Crippen LogP contribution < -0.4 is 0 Å². The Bertz CT molecular complexity index is 923. The van der Waals surface area contributed by atoms with Gasteiger partial charge in [0.2, 0.25) is 0 Å². The number of ether oxygens (including phenoxy) is 2. The van der Waals surface area contributed by atoms with Crippen molar-refractivity contribution >= 4 is 32.7 Å². The predicted molar refractivity (Wildman–Crippen MR) is 185 cm³/mol. The summed E-state index contributed by atoms with van der Waals surface area (Å²) in [4.78, 5) is 16.3. The second kappa shape index (κ2) is 15.6. The minimum absolute atomic E-state index is 0.0153. The molecule has 1 atom stereocenters. The number of unbranched alkanes of at least 4 members (excludes halogenated alkanes) is 3. The first-order valence-electron chi connectivity index (χ1n) is 16.9. The van der Waals surface area contributed by atoms with E-state index in [-0.39, 0.29) is 15.3 Å². The standard InChI is InChI=1S/C23H39N2O3Si.3C4H9.Sn/c1-21(2,3)29(8,9)24(17-19-13-11-10-12-14-19)15-16-27-20(26)25-22(4,5)18-28-23(25,6)7;3*1-3-4-2;/h10-14,16H,15,17-18H2,1-9H3;3*1,3-4H2,2H3;. The van der Waals surface area contributed by atoms with E-state index in [9.17, 15) is 4.79 Å². The van der Waals surface area contributed by atoms with Crippen molar-refractivity contribution in [2.45, 2.75) is 161 Å². The van der Waals surface area contributed by atoms with Crippen LogP contribution in [0.15, 0.2) is 30.3 Å². The Hall–Kier alpha value is -0.574. The van der Waals surface area contributed by atoms with E-state index in [4.69, 9.17) is 9.47 Å². The van der Waals surface area contributed by atoms with Crippen LogP contribution in [-0.4, -0.2) is 70.7 Å². The van der Waals surface area contributed by atoms with Gasteiger partial charge in [0.05, 0.1) is 0 Å². The fourth-order valence-corrected chi connectivity index (χ4v) is 26.0. The summed E-state index contributed by atoms with van der Waals surface area (Å²) in [5, 5.41) is 0.178. The van der Waals surface area contributed by atoms with Crippen molar-refractivity contribution in [3.8, 4) is 0 Å². The first kappa shape index (κ1) is 37.6. The third kappa shape index (κ3) is 9.46. The van der Waals surface area contributed by atoms with Gasteiger partial charge in [-0.05, 0) is 0 Å². The Balaban J connectivity index is 2.68. The van der Waals surface area contributed by atoms with Gasteiger partial charge >= 0.3 is 267 Å². The third-order valence-corrected chi connectivity index (χ3v) is 32.2. The van der Waals surface area contributed by atoms with Crippen LogP contribution in [0.2, 0.25) is 31.4 Å². The van der Waals surface area contributed by atoms with Gasteiger partial charge in [-0.1, -0.05) is 0 Å². The van der Waals surface area contributed by atoms with Crippen LogP contribution in [0.1, 0.15) is 113 Å². The number of nitrogens with zero attached hydrogens (tertiary/aromatic N) is 2. The average molecular weight is 710 g/mol. The van der Waals surface area contributed by atoms with Gasteiger partial charge in [-0.25, -0.2) is 0 Å². The zero-order valence-corrected chi connectivity index (χ0v) is 33.4. The quantitative estimate of drug-likeness (QED) is 0.160. The molecule has 1 aromatic carbocycles. The number of amides is 1. The molecule has 1 aromatic rings. The molecule has 0 unspecified atom stereocenters. The summed E-state index contributed by atoms with van der Waals surface area (Å²) in [6, 6.07) is 10.9. The van der Waals surface area contributed by atoms with E-state index in [2.05, 4.69) is 103 Å². The first-order chi connectivity index (χ1) is 19.5. The molecular formula is C35H66N2O3SiSn. The molecule has 1 fully saturated rings. The summed E-state index contributed by atoms with van der Waals surface area (Å²) in [6.45, 7) is 29.8. The molecule has 1 saturated heterocycles. The monoisotopic (exact) mass is 710 g/mol. The molecular weight excluding hydrogens is 643 g/mol. The van der Waals surface area contributed by atoms with Crippen molar-refractivity contribution in [3.63, 3.8) is 0 Å². The maximum absolute atomic E-state index is 14.4. The van der Waals surface area contributed by atoms with Crippen LogP contribution in [0.4, 0.5) is 4.79 Å². The fraction of sp³-hybridized carbons (Fsp3) is 0.800. The zero-order chi connectivity index (χ0) is 31.8. The molecule has 42 heavy (non-hydrogen) atoms. The van der Waals surface area contributed by atoms with E-state index in [1.54, 1.807) is 0 Å². The number of carbonyl (C=O) groups excluding carboxylic acids is 1. The molecule has 1 heterocycles. The zero-order valence-electron chi connectivity index (χ0n) is 29.6. The van der Waals surface area contributed by atoms with Gasteiger partial charge in [0, 0.05) is 0 Å². The molecule has 5 nitrogen and oxygen atoms in total. The molecule has 1 amide bonds. The third-order valence-electron chi connectivity index (χ3n) is 10.3. The second-order valence-corrected chi connectivity index (χ2v) is 34.8. The van der Waals surface area contributed by atoms with Crippen molar-refractivity contribution in [1.29, 1.82) is 0 Å². The Morgan fingerprint density at radius 3 is 1.88 bits per heavy atom. The van der Waals surface area contributed by atoms with E-state index < -0.39 is 37.9 Å². The van der Waals surface area contributed by atoms with Crippen molar-refractivity contribution in [2.24, 2.45) is 0 Å². The number of carbonyl (C=O) groups is 1. The van der Waals surface area contributed by atoms with Gasteiger partial charge in [0.1, 0.15) is 0 Å². The number of benzene rings is 1. The maximum atomic E-state index is 14.4. The molecule has 0 radical (unpaired) electrons. The van der Waals surface area contributed by atoms with Gasteiger partial charge in [-0.3, -0.25) is 0 Å². The molecule has 0 spiro atoms. The predicted octanol–water partition coefficient (Wildman–Crippen LogP) is 10.2. The van der Waals surface area contributed by atoms with Crippen LogP contribution in [-0.2, 0) is 16.0 Å². The normalized spacial score (nSPS) is 18.0. The van der Waals surface area contributed by atoms with Gasteiger partial charge in [-0.2, -0.15) is 0 Å². The van der Waals surface area contributed by atoms with Crippen molar-refractivity contribution < 1.29 is 14.3 Å². The molecule has 0 aromatic heterocycles. The van der Waals surface area contributed by atoms with E-state index in [0.717, 1.165) is 13.1 Å². The molecule has 1 aliphatic heterocycles. The Morgan fingerprint density at radius 1 is 0.976 bits per heavy atom. The van der Waals surface area contributed by atoms with Crippen LogP contribution in [0.5, 0.6) is 0 Å². The summed E-state index contributed by atoms with van der Waals surface area (Å²) in [5.74, 6) is 0. The van der Waals surface area contributed by atoms with Crippen molar-refractivity contribution in [2.75, 3.05) is 13.2 Å². The van der Waals surface area contributed by atoms with Crippen LogP contribution in [0, 0.1) is 0 Å². The summed E-state index contributed by atoms with van der Waals surface area (Å²) in [5.41, 5.74) is 0.268. The molecule has 2 rings (SSSR count). The molecule has 7 heteroatoms. The van der Waals surface area contributed by atoms with Crippen molar-refractivity contribution in [1.82, 2.24) is 9.47 Å². The fourth-order valence-electron chi connectivity index (χ4n) is 6.62. The van der Waals surface area contributed by atoms with E-state index in [1.807, 2.05) is 18.7 Å². The van der Waals surface area contributed by atoms with Gasteiger partial charge in [0.15, 0.2) is 0 Å². The van der Waals surface area contributed by atoms with Crippen LogP contribution >= 0.6 is 0 Å².